The van der Waals surface area contributed by atoms with Crippen LogP contribution in [0.2, 0.25) is 0 Å². The van der Waals surface area contributed by atoms with Crippen LogP contribution in [0, 0.1) is 5.92 Å². The van der Waals surface area contributed by atoms with Gasteiger partial charge in [-0.1, -0.05) is 39.0 Å². The van der Waals surface area contributed by atoms with Crippen LogP contribution in [0.25, 0.3) is 5.65 Å². The summed E-state index contributed by atoms with van der Waals surface area (Å²) in [4.78, 5) is 0. The zero-order valence-electron chi connectivity index (χ0n) is 14.9. The highest BCUT2D eigenvalue weighted by atomic mass is 16.5. The maximum atomic E-state index is 5.95. The van der Waals surface area contributed by atoms with E-state index in [-0.39, 0.29) is 6.04 Å². The number of hydrogen-bond acceptors (Lipinski definition) is 6. The van der Waals surface area contributed by atoms with Gasteiger partial charge in [-0.15, -0.1) is 14.8 Å². The normalized spacial score (nSPS) is 12.5. The van der Waals surface area contributed by atoms with Crippen molar-refractivity contribution in [1.82, 2.24) is 25.3 Å². The molecule has 0 spiro atoms. The first-order valence-corrected chi connectivity index (χ1v) is 8.71. The van der Waals surface area contributed by atoms with Crippen molar-refractivity contribution >= 4 is 11.5 Å². The Morgan fingerprint density at radius 1 is 1.16 bits per heavy atom. The fraction of sp³-hybridized carbons (Fsp3) is 0.444. The Morgan fingerprint density at radius 2 is 2.00 bits per heavy atom. The van der Waals surface area contributed by atoms with Gasteiger partial charge in [-0.3, -0.25) is 0 Å². The number of nitrogens with one attached hydrogen (secondary N) is 1. The largest absolute Gasteiger partial charge is 0.493 e. The van der Waals surface area contributed by atoms with Crippen LogP contribution in [0.1, 0.15) is 45.2 Å². The third kappa shape index (κ3) is 4.23. The quantitative estimate of drug-likeness (QED) is 0.676. The number of rotatable bonds is 8. The summed E-state index contributed by atoms with van der Waals surface area (Å²) in [5.41, 5.74) is 1.76. The molecule has 0 bridgehead atoms. The number of ether oxygens (including phenoxy) is 1. The van der Waals surface area contributed by atoms with Gasteiger partial charge in [-0.05, 0) is 47.4 Å². The number of para-hydroxylation sites is 1. The molecule has 1 atom stereocenters. The summed E-state index contributed by atoms with van der Waals surface area (Å²) in [7, 11) is 0. The molecular weight excluding hydrogens is 316 g/mol. The molecule has 7 nitrogen and oxygen atoms in total. The Bertz CT molecular complexity index is 816. The van der Waals surface area contributed by atoms with Crippen LogP contribution >= 0.6 is 0 Å². The van der Waals surface area contributed by atoms with E-state index in [2.05, 4.69) is 52.8 Å². The number of hydrogen-bond donors (Lipinski definition) is 1. The first-order valence-electron chi connectivity index (χ1n) is 8.71. The van der Waals surface area contributed by atoms with E-state index >= 15 is 0 Å². The van der Waals surface area contributed by atoms with Crippen molar-refractivity contribution in [2.45, 2.75) is 39.7 Å². The summed E-state index contributed by atoms with van der Waals surface area (Å²) in [5, 5.41) is 19.3. The lowest BCUT2D eigenvalue weighted by Crippen LogP contribution is -2.16. The standard InChI is InChI=1S/C18H24N6O/c1-4-11-25-16-8-6-5-7-14(16)15(12-13(2)3)19-17-9-10-18-20-22-23-24(18)21-17/h5-10,13,15H,4,11-12H2,1-3H3,(H,19,21). The van der Waals surface area contributed by atoms with Crippen molar-refractivity contribution in [2.24, 2.45) is 5.92 Å². The first-order chi connectivity index (χ1) is 12.2. The fourth-order valence-corrected chi connectivity index (χ4v) is 2.75. The van der Waals surface area contributed by atoms with E-state index in [1.165, 1.54) is 4.63 Å². The van der Waals surface area contributed by atoms with E-state index in [1.54, 1.807) is 0 Å². The van der Waals surface area contributed by atoms with E-state index in [0.717, 1.165) is 30.0 Å². The van der Waals surface area contributed by atoms with Crippen LogP contribution in [0.5, 0.6) is 5.75 Å². The van der Waals surface area contributed by atoms with Crippen molar-refractivity contribution in [1.29, 1.82) is 0 Å². The number of anilines is 1. The van der Waals surface area contributed by atoms with Gasteiger partial charge >= 0.3 is 0 Å². The Hall–Kier alpha value is -2.70. The first kappa shape index (κ1) is 17.1. The molecular formula is C18H24N6O. The van der Waals surface area contributed by atoms with Gasteiger partial charge in [0.25, 0.3) is 0 Å². The summed E-state index contributed by atoms with van der Waals surface area (Å²) in [6.45, 7) is 7.24. The summed E-state index contributed by atoms with van der Waals surface area (Å²) in [6, 6.07) is 12.0. The number of nitrogens with zero attached hydrogens (tertiary/aromatic N) is 5. The van der Waals surface area contributed by atoms with E-state index in [1.807, 2.05) is 30.3 Å². The average Bonchev–Trinajstić information content (AvgIpc) is 3.07. The molecule has 0 saturated heterocycles. The predicted octanol–water partition coefficient (Wildman–Crippen LogP) is 3.51. The number of benzene rings is 1. The Morgan fingerprint density at radius 3 is 2.80 bits per heavy atom. The van der Waals surface area contributed by atoms with Crippen LogP contribution in [0.4, 0.5) is 5.82 Å². The minimum atomic E-state index is 0.0921. The van der Waals surface area contributed by atoms with E-state index < -0.39 is 0 Å². The van der Waals surface area contributed by atoms with Gasteiger partial charge in [0.15, 0.2) is 5.65 Å². The molecule has 2 aromatic heterocycles. The fourth-order valence-electron chi connectivity index (χ4n) is 2.75. The molecule has 0 radical (unpaired) electrons. The van der Waals surface area contributed by atoms with Gasteiger partial charge in [-0.25, -0.2) is 0 Å². The number of aromatic nitrogens is 5. The predicted molar refractivity (Wildman–Crippen MR) is 96.6 cm³/mol. The second-order valence-corrected chi connectivity index (χ2v) is 6.46. The van der Waals surface area contributed by atoms with Gasteiger partial charge in [-0.2, -0.15) is 0 Å². The molecule has 7 heteroatoms. The van der Waals surface area contributed by atoms with Gasteiger partial charge in [0.1, 0.15) is 11.6 Å². The van der Waals surface area contributed by atoms with Gasteiger partial charge in [0.05, 0.1) is 12.6 Å². The maximum Gasteiger partial charge on any atom is 0.200 e. The molecule has 3 aromatic rings. The maximum absolute atomic E-state index is 5.95. The molecule has 132 valence electrons. The Kier molecular flexibility index (Phi) is 5.42. The van der Waals surface area contributed by atoms with Crippen molar-refractivity contribution < 1.29 is 4.74 Å². The average molecular weight is 340 g/mol. The zero-order chi connectivity index (χ0) is 17.6. The van der Waals surface area contributed by atoms with Crippen molar-refractivity contribution in [3.63, 3.8) is 0 Å². The Balaban J connectivity index is 1.89. The summed E-state index contributed by atoms with van der Waals surface area (Å²) in [6.07, 6.45) is 1.94. The lowest BCUT2D eigenvalue weighted by molar-refractivity contribution is 0.311. The third-order valence-electron chi connectivity index (χ3n) is 3.85. The number of fused-ring (bicyclic) bond motifs is 1. The SMILES string of the molecule is CCCOc1ccccc1C(CC(C)C)Nc1ccc2nnnn2n1. The highest BCUT2D eigenvalue weighted by Gasteiger charge is 2.18. The van der Waals surface area contributed by atoms with Crippen LogP contribution in [-0.4, -0.2) is 31.9 Å². The topological polar surface area (TPSA) is 77.2 Å². The molecule has 0 aliphatic rings. The summed E-state index contributed by atoms with van der Waals surface area (Å²) >= 11 is 0. The van der Waals surface area contributed by atoms with Crippen molar-refractivity contribution in [3.8, 4) is 5.75 Å². The second kappa shape index (κ2) is 7.92. The van der Waals surface area contributed by atoms with Crippen LogP contribution < -0.4 is 10.1 Å². The van der Waals surface area contributed by atoms with Crippen LogP contribution in [0.15, 0.2) is 36.4 Å². The Labute approximate surface area is 147 Å². The second-order valence-electron chi connectivity index (χ2n) is 6.46. The van der Waals surface area contributed by atoms with Crippen LogP contribution in [-0.2, 0) is 0 Å². The van der Waals surface area contributed by atoms with E-state index in [0.29, 0.717) is 18.2 Å². The van der Waals surface area contributed by atoms with Crippen molar-refractivity contribution in [2.75, 3.05) is 11.9 Å². The minimum absolute atomic E-state index is 0.0921. The molecule has 0 aliphatic carbocycles. The van der Waals surface area contributed by atoms with E-state index in [9.17, 15) is 0 Å². The molecule has 1 aromatic carbocycles. The highest BCUT2D eigenvalue weighted by Crippen LogP contribution is 2.32. The smallest absolute Gasteiger partial charge is 0.200 e. The minimum Gasteiger partial charge on any atom is -0.493 e. The molecule has 2 heterocycles. The lowest BCUT2D eigenvalue weighted by atomic mass is 9.96. The summed E-state index contributed by atoms with van der Waals surface area (Å²) < 4.78 is 7.37. The molecule has 0 saturated carbocycles. The molecule has 1 unspecified atom stereocenters. The number of tetrazole rings is 1. The molecule has 25 heavy (non-hydrogen) atoms. The summed E-state index contributed by atoms with van der Waals surface area (Å²) in [5.74, 6) is 2.18. The van der Waals surface area contributed by atoms with E-state index in [4.69, 9.17) is 4.74 Å². The highest BCUT2D eigenvalue weighted by molar-refractivity contribution is 5.46. The molecule has 0 fully saturated rings. The van der Waals surface area contributed by atoms with Gasteiger partial charge in [0.2, 0.25) is 0 Å². The monoisotopic (exact) mass is 340 g/mol. The molecule has 1 N–H and O–H groups in total. The van der Waals surface area contributed by atoms with Crippen LogP contribution in [0.3, 0.4) is 0 Å². The zero-order valence-corrected chi connectivity index (χ0v) is 14.9. The third-order valence-corrected chi connectivity index (χ3v) is 3.85. The lowest BCUT2D eigenvalue weighted by Gasteiger charge is -2.24. The molecule has 3 rings (SSSR count). The molecule has 0 amide bonds. The van der Waals surface area contributed by atoms with Gasteiger partial charge < -0.3 is 10.1 Å². The molecule has 0 aliphatic heterocycles. The van der Waals surface area contributed by atoms with Crippen molar-refractivity contribution in [3.05, 3.63) is 42.0 Å². The van der Waals surface area contributed by atoms with Gasteiger partial charge in [0, 0.05) is 5.56 Å².